The number of amides is 1. The van der Waals surface area contributed by atoms with Crippen molar-refractivity contribution >= 4 is 5.91 Å². The Morgan fingerprint density at radius 2 is 1.97 bits per heavy atom. The number of carbonyl (C=O) groups excluding carboxylic acids is 1. The number of benzene rings is 2. The van der Waals surface area contributed by atoms with Gasteiger partial charge in [-0.05, 0) is 35.4 Å². The van der Waals surface area contributed by atoms with Crippen LogP contribution >= 0.6 is 0 Å². The van der Waals surface area contributed by atoms with E-state index in [-0.39, 0.29) is 35.7 Å². The molecule has 0 spiro atoms. The van der Waals surface area contributed by atoms with Crippen LogP contribution in [0.2, 0.25) is 0 Å². The van der Waals surface area contributed by atoms with Gasteiger partial charge in [-0.15, -0.1) is 0 Å². The normalized spacial score (nSPS) is 18.4. The van der Waals surface area contributed by atoms with Gasteiger partial charge in [-0.1, -0.05) is 24.1 Å². The number of alkyl halides is 5. The van der Waals surface area contributed by atoms with Crippen LogP contribution in [0, 0.1) is 11.8 Å². The van der Waals surface area contributed by atoms with Crippen LogP contribution in [-0.2, 0) is 15.7 Å². The molecule has 0 bridgehead atoms. The lowest BCUT2D eigenvalue weighted by molar-refractivity contribution is -0.137. The van der Waals surface area contributed by atoms with E-state index in [0.29, 0.717) is 0 Å². The maximum Gasteiger partial charge on any atom is 0.417 e. The number of halogens is 5. The van der Waals surface area contributed by atoms with E-state index in [1.54, 1.807) is 0 Å². The van der Waals surface area contributed by atoms with E-state index in [9.17, 15) is 31.9 Å². The monoisotopic (exact) mass is 441 g/mol. The van der Waals surface area contributed by atoms with Crippen molar-refractivity contribution in [2.45, 2.75) is 24.9 Å². The summed E-state index contributed by atoms with van der Waals surface area (Å²) in [6, 6.07) is 7.45. The van der Waals surface area contributed by atoms with E-state index in [0.717, 1.165) is 18.2 Å². The van der Waals surface area contributed by atoms with Gasteiger partial charge in [-0.3, -0.25) is 4.79 Å². The molecule has 0 aliphatic carbocycles. The molecule has 2 atom stereocenters. The molecule has 0 saturated carbocycles. The quantitative estimate of drug-likeness (QED) is 0.565. The van der Waals surface area contributed by atoms with Crippen molar-refractivity contribution in [3.8, 4) is 28.7 Å². The average Bonchev–Trinajstić information content (AvgIpc) is 3.09. The summed E-state index contributed by atoms with van der Waals surface area (Å²) in [5.41, 5.74) is -1.35. The van der Waals surface area contributed by atoms with Crippen molar-refractivity contribution < 1.29 is 41.3 Å². The Labute approximate surface area is 173 Å². The Morgan fingerprint density at radius 1 is 1.19 bits per heavy atom. The molecular weight excluding hydrogens is 425 g/mol. The molecule has 0 radical (unpaired) electrons. The standard InChI is InChI=1S/C21H16F5NO4/c22-20(23)31-14-3-1-2-13(9-14)15-6-4-12(8-16(15)21(24,25)26)5-7-19(29)27-17-10-30-11-18(17)28/h1-4,6,8-9,17-18,20,28H,10-11H2,(H,27,29)/t17-,18-/m1/s1. The number of carbonyl (C=O) groups is 1. The summed E-state index contributed by atoms with van der Waals surface area (Å²) in [6.07, 6.45) is -5.65. The molecule has 1 aliphatic heterocycles. The molecule has 2 aromatic carbocycles. The molecular formula is C21H16F5NO4. The SMILES string of the molecule is O=C(C#Cc1ccc(-c2cccc(OC(F)F)c2)c(C(F)(F)F)c1)N[C@@H]1COC[C@H]1O. The number of nitrogens with one attached hydrogen (secondary N) is 1. The number of aliphatic hydroxyl groups is 1. The fourth-order valence-corrected chi connectivity index (χ4v) is 2.96. The van der Waals surface area contributed by atoms with E-state index >= 15 is 0 Å². The summed E-state index contributed by atoms with van der Waals surface area (Å²) in [5.74, 6) is 3.48. The van der Waals surface area contributed by atoms with Gasteiger partial charge in [0.25, 0.3) is 5.91 Å². The third kappa shape index (κ3) is 5.93. The van der Waals surface area contributed by atoms with Gasteiger partial charge in [0.2, 0.25) is 0 Å². The van der Waals surface area contributed by atoms with E-state index < -0.39 is 36.4 Å². The maximum absolute atomic E-state index is 13.6. The van der Waals surface area contributed by atoms with Gasteiger partial charge in [0.15, 0.2) is 0 Å². The molecule has 2 aromatic rings. The molecule has 10 heteroatoms. The Kier molecular flexibility index (Phi) is 6.77. The molecule has 3 rings (SSSR count). The lowest BCUT2D eigenvalue weighted by atomic mass is 9.97. The Bertz CT molecular complexity index is 1010. The van der Waals surface area contributed by atoms with Crippen molar-refractivity contribution in [1.29, 1.82) is 0 Å². The van der Waals surface area contributed by atoms with Crippen molar-refractivity contribution in [3.05, 3.63) is 53.6 Å². The first-order valence-corrected chi connectivity index (χ1v) is 8.98. The summed E-state index contributed by atoms with van der Waals surface area (Å²) >= 11 is 0. The maximum atomic E-state index is 13.6. The fraction of sp³-hybridized carbons (Fsp3) is 0.286. The molecule has 1 fully saturated rings. The molecule has 1 amide bonds. The van der Waals surface area contributed by atoms with Gasteiger partial charge >= 0.3 is 12.8 Å². The van der Waals surface area contributed by atoms with Crippen LogP contribution in [0.5, 0.6) is 5.75 Å². The first kappa shape index (κ1) is 22.5. The molecule has 31 heavy (non-hydrogen) atoms. The third-order valence-electron chi connectivity index (χ3n) is 4.38. The van der Waals surface area contributed by atoms with Gasteiger partial charge in [0, 0.05) is 11.5 Å². The highest BCUT2D eigenvalue weighted by Crippen LogP contribution is 2.38. The van der Waals surface area contributed by atoms with Crippen LogP contribution in [0.3, 0.4) is 0 Å². The number of hydrogen-bond donors (Lipinski definition) is 2. The third-order valence-corrected chi connectivity index (χ3v) is 4.38. The van der Waals surface area contributed by atoms with Crippen molar-refractivity contribution in [3.63, 3.8) is 0 Å². The van der Waals surface area contributed by atoms with Gasteiger partial charge in [0.05, 0.1) is 30.9 Å². The molecule has 2 N–H and O–H groups in total. The topological polar surface area (TPSA) is 67.8 Å². The number of rotatable bonds is 4. The van der Waals surface area contributed by atoms with E-state index in [1.165, 1.54) is 24.3 Å². The van der Waals surface area contributed by atoms with Crippen molar-refractivity contribution in [2.75, 3.05) is 13.2 Å². The molecule has 5 nitrogen and oxygen atoms in total. The summed E-state index contributed by atoms with van der Waals surface area (Å²) in [6.45, 7) is -2.94. The van der Waals surface area contributed by atoms with Crippen molar-refractivity contribution in [1.82, 2.24) is 5.32 Å². The molecule has 0 aromatic heterocycles. The van der Waals surface area contributed by atoms with Crippen LogP contribution in [0.25, 0.3) is 11.1 Å². The molecule has 1 heterocycles. The van der Waals surface area contributed by atoms with E-state index in [2.05, 4.69) is 21.9 Å². The molecule has 1 saturated heterocycles. The van der Waals surface area contributed by atoms with Gasteiger partial charge < -0.3 is 19.9 Å². The zero-order chi connectivity index (χ0) is 22.6. The fourth-order valence-electron chi connectivity index (χ4n) is 2.96. The minimum Gasteiger partial charge on any atom is -0.435 e. The van der Waals surface area contributed by atoms with E-state index in [4.69, 9.17) is 4.74 Å². The highest BCUT2D eigenvalue weighted by molar-refractivity contribution is 5.94. The average molecular weight is 441 g/mol. The zero-order valence-electron chi connectivity index (χ0n) is 15.7. The minimum absolute atomic E-state index is 0.0259. The Morgan fingerprint density at radius 3 is 2.61 bits per heavy atom. The minimum atomic E-state index is -4.76. The predicted octanol–water partition coefficient (Wildman–Crippen LogP) is 3.20. The highest BCUT2D eigenvalue weighted by atomic mass is 19.4. The second-order valence-corrected chi connectivity index (χ2v) is 6.60. The largest absolute Gasteiger partial charge is 0.435 e. The smallest absolute Gasteiger partial charge is 0.417 e. The first-order chi connectivity index (χ1) is 14.6. The van der Waals surface area contributed by atoms with Crippen LogP contribution in [-0.4, -0.2) is 43.0 Å². The predicted molar refractivity (Wildman–Crippen MR) is 99.1 cm³/mol. The van der Waals surface area contributed by atoms with Crippen LogP contribution in [0.15, 0.2) is 42.5 Å². The number of ether oxygens (including phenoxy) is 2. The highest BCUT2D eigenvalue weighted by Gasteiger charge is 2.34. The zero-order valence-corrected chi connectivity index (χ0v) is 15.7. The van der Waals surface area contributed by atoms with Crippen LogP contribution in [0.1, 0.15) is 11.1 Å². The Hall–Kier alpha value is -3.16. The molecule has 164 valence electrons. The number of hydrogen-bond acceptors (Lipinski definition) is 4. The molecule has 0 unspecified atom stereocenters. The number of aliphatic hydroxyl groups excluding tert-OH is 1. The second kappa shape index (κ2) is 9.32. The van der Waals surface area contributed by atoms with Gasteiger partial charge in [-0.2, -0.15) is 22.0 Å². The van der Waals surface area contributed by atoms with Gasteiger partial charge in [-0.25, -0.2) is 0 Å². The molecule has 1 aliphatic rings. The Balaban J connectivity index is 1.87. The summed E-state index contributed by atoms with van der Waals surface area (Å²) < 4.78 is 74.9. The van der Waals surface area contributed by atoms with Crippen LogP contribution in [0.4, 0.5) is 22.0 Å². The van der Waals surface area contributed by atoms with Crippen LogP contribution < -0.4 is 10.1 Å². The van der Waals surface area contributed by atoms with Gasteiger partial charge in [0.1, 0.15) is 5.75 Å². The lowest BCUT2D eigenvalue weighted by Gasteiger charge is -2.14. The lowest BCUT2D eigenvalue weighted by Crippen LogP contribution is -2.41. The summed E-state index contributed by atoms with van der Waals surface area (Å²) in [5, 5.41) is 12.0. The van der Waals surface area contributed by atoms with E-state index in [1.807, 2.05) is 0 Å². The first-order valence-electron chi connectivity index (χ1n) is 8.98. The summed E-state index contributed by atoms with van der Waals surface area (Å²) in [7, 11) is 0. The van der Waals surface area contributed by atoms with Crippen molar-refractivity contribution in [2.24, 2.45) is 0 Å². The summed E-state index contributed by atoms with van der Waals surface area (Å²) in [4.78, 5) is 11.9. The second-order valence-electron chi connectivity index (χ2n) is 6.60.